The van der Waals surface area contributed by atoms with Crippen molar-refractivity contribution < 1.29 is 4.79 Å². The number of nitrogens with two attached hydrogens (primary N) is 2. The predicted molar refractivity (Wildman–Crippen MR) is 102 cm³/mol. The maximum atomic E-state index is 10.7. The van der Waals surface area contributed by atoms with Gasteiger partial charge < -0.3 is 11.5 Å². The molecule has 0 unspecified atom stereocenters. The molecule has 22 heavy (non-hydrogen) atoms. The number of primary amides is 1. The summed E-state index contributed by atoms with van der Waals surface area (Å²) in [6, 6.07) is 11.1. The molecule has 0 aromatic heterocycles. The fourth-order valence-electron chi connectivity index (χ4n) is 1.60. The van der Waals surface area contributed by atoms with Crippen LogP contribution in [0.15, 0.2) is 45.3 Å². The Morgan fingerprint density at radius 1 is 0.909 bits per heavy atom. The molecule has 0 radical (unpaired) electrons. The molecular weight excluding hydrogens is 428 g/mol. The maximum Gasteiger partial charge on any atom is 0.248 e. The molecule has 0 aliphatic carbocycles. The van der Waals surface area contributed by atoms with Crippen molar-refractivity contribution in [2.75, 3.05) is 0 Å². The van der Waals surface area contributed by atoms with E-state index in [1.807, 2.05) is 38.1 Å². The Kier molecular flexibility index (Phi) is 7.19. The molecule has 0 bridgehead atoms. The lowest BCUT2D eigenvalue weighted by Crippen LogP contribution is -2.10. The van der Waals surface area contributed by atoms with Gasteiger partial charge in [0, 0.05) is 20.1 Å². The summed E-state index contributed by atoms with van der Waals surface area (Å²) < 4.78 is 2.07. The van der Waals surface area contributed by atoms with Crippen LogP contribution >= 0.6 is 44.1 Å². The monoisotopic (exact) mass is 442 g/mol. The molecule has 0 saturated heterocycles. The third kappa shape index (κ3) is 5.51. The van der Waals surface area contributed by atoms with E-state index in [-0.39, 0.29) is 5.91 Å². The Labute approximate surface area is 152 Å². The van der Waals surface area contributed by atoms with Gasteiger partial charge in [0.1, 0.15) is 4.99 Å². The smallest absolute Gasteiger partial charge is 0.248 e. The molecule has 2 aromatic carbocycles. The van der Waals surface area contributed by atoms with Gasteiger partial charge in [-0.3, -0.25) is 4.79 Å². The third-order valence-electron chi connectivity index (χ3n) is 2.88. The number of thiocarbonyl (C=S) groups is 1. The molecule has 2 aromatic rings. The summed E-state index contributed by atoms with van der Waals surface area (Å²) in [6.07, 6.45) is 0. The molecule has 0 spiro atoms. The number of halogens is 2. The second kappa shape index (κ2) is 8.41. The lowest BCUT2D eigenvalue weighted by atomic mass is 10.1. The minimum atomic E-state index is -0.388. The topological polar surface area (TPSA) is 69.1 Å². The average molecular weight is 444 g/mol. The van der Waals surface area contributed by atoms with Gasteiger partial charge in [0.25, 0.3) is 0 Å². The quantitative estimate of drug-likeness (QED) is 0.681. The molecule has 2 rings (SSSR count). The van der Waals surface area contributed by atoms with Crippen LogP contribution in [-0.2, 0) is 0 Å². The van der Waals surface area contributed by atoms with E-state index in [4.69, 9.17) is 23.7 Å². The largest absolute Gasteiger partial charge is 0.389 e. The molecule has 116 valence electrons. The van der Waals surface area contributed by atoms with Crippen molar-refractivity contribution in [1.82, 2.24) is 0 Å². The molecule has 6 heteroatoms. The summed E-state index contributed by atoms with van der Waals surface area (Å²) in [4.78, 5) is 11.1. The van der Waals surface area contributed by atoms with Crippen molar-refractivity contribution in [3.8, 4) is 0 Å². The van der Waals surface area contributed by atoms with Crippen molar-refractivity contribution in [2.45, 2.75) is 13.8 Å². The number of carbonyl (C=O) groups excluding carboxylic acids is 1. The van der Waals surface area contributed by atoms with Gasteiger partial charge >= 0.3 is 0 Å². The van der Waals surface area contributed by atoms with Crippen LogP contribution in [-0.4, -0.2) is 10.9 Å². The van der Waals surface area contributed by atoms with Crippen LogP contribution in [0.2, 0.25) is 0 Å². The summed E-state index contributed by atoms with van der Waals surface area (Å²) in [5.41, 5.74) is 14.2. The van der Waals surface area contributed by atoms with E-state index >= 15 is 0 Å². The van der Waals surface area contributed by atoms with E-state index in [0.29, 0.717) is 10.6 Å². The van der Waals surface area contributed by atoms with Gasteiger partial charge in [-0.2, -0.15) is 0 Å². The van der Waals surface area contributed by atoms with Crippen LogP contribution in [0.25, 0.3) is 0 Å². The van der Waals surface area contributed by atoms with E-state index in [0.717, 1.165) is 25.6 Å². The molecule has 0 aliphatic heterocycles. The number of amides is 1. The van der Waals surface area contributed by atoms with Gasteiger partial charge in [0.05, 0.1) is 0 Å². The SMILES string of the molecule is Cc1cc(C(N)=O)ccc1Br.Cc1cc(C(N)=S)ccc1Br. The number of hydrogen-bond donors (Lipinski definition) is 2. The molecule has 4 N–H and O–H groups in total. The van der Waals surface area contributed by atoms with Gasteiger partial charge in [-0.1, -0.05) is 50.1 Å². The van der Waals surface area contributed by atoms with Gasteiger partial charge in [-0.05, 0) is 55.3 Å². The van der Waals surface area contributed by atoms with Gasteiger partial charge in [-0.15, -0.1) is 0 Å². The number of aryl methyl sites for hydroxylation is 2. The van der Waals surface area contributed by atoms with Crippen LogP contribution in [0.1, 0.15) is 27.0 Å². The van der Waals surface area contributed by atoms with Crippen molar-refractivity contribution in [1.29, 1.82) is 0 Å². The number of carbonyl (C=O) groups is 1. The Hall–Kier alpha value is -1.24. The van der Waals surface area contributed by atoms with E-state index < -0.39 is 0 Å². The summed E-state index contributed by atoms with van der Waals surface area (Å²) in [5.74, 6) is -0.388. The standard InChI is InChI=1S/C8H8BrNO.C8H8BrNS/c2*1-5-4-6(8(10)11)2-3-7(5)9/h2*2-4H,1H3,(H2,10,11). The summed E-state index contributed by atoms with van der Waals surface area (Å²) in [6.45, 7) is 3.92. The van der Waals surface area contributed by atoms with Gasteiger partial charge in [0.2, 0.25) is 5.91 Å². The predicted octanol–water partition coefficient (Wildman–Crippen LogP) is 4.25. The highest BCUT2D eigenvalue weighted by molar-refractivity contribution is 9.10. The fourth-order valence-corrected chi connectivity index (χ4v) is 2.22. The Balaban J connectivity index is 0.000000220. The highest BCUT2D eigenvalue weighted by atomic mass is 79.9. The van der Waals surface area contributed by atoms with E-state index in [1.165, 1.54) is 0 Å². The first-order valence-corrected chi connectivity index (χ1v) is 8.33. The Morgan fingerprint density at radius 2 is 1.32 bits per heavy atom. The normalized spacial score (nSPS) is 9.64. The Bertz CT molecular complexity index is 656. The third-order valence-corrected chi connectivity index (χ3v) is 4.90. The zero-order valence-electron chi connectivity index (χ0n) is 12.2. The van der Waals surface area contributed by atoms with Crippen molar-refractivity contribution in [3.05, 3.63) is 67.6 Å². The second-order valence-electron chi connectivity index (χ2n) is 4.66. The van der Waals surface area contributed by atoms with Crippen molar-refractivity contribution in [2.24, 2.45) is 11.5 Å². The lowest BCUT2D eigenvalue weighted by molar-refractivity contribution is 0.1000. The minimum Gasteiger partial charge on any atom is -0.389 e. The molecule has 1 amide bonds. The number of rotatable bonds is 2. The van der Waals surface area contributed by atoms with Crippen LogP contribution < -0.4 is 11.5 Å². The van der Waals surface area contributed by atoms with Gasteiger partial charge in [-0.25, -0.2) is 0 Å². The minimum absolute atomic E-state index is 0.388. The van der Waals surface area contributed by atoms with Crippen molar-refractivity contribution >= 4 is 55.0 Å². The van der Waals surface area contributed by atoms with E-state index in [2.05, 4.69) is 31.9 Å². The molecule has 0 saturated carbocycles. The molecule has 0 fully saturated rings. The zero-order valence-corrected chi connectivity index (χ0v) is 16.2. The zero-order chi connectivity index (χ0) is 16.9. The van der Waals surface area contributed by atoms with Gasteiger partial charge in [0.15, 0.2) is 0 Å². The maximum absolute atomic E-state index is 10.7. The number of hydrogen-bond acceptors (Lipinski definition) is 2. The first-order valence-electron chi connectivity index (χ1n) is 6.34. The molecule has 3 nitrogen and oxygen atoms in total. The van der Waals surface area contributed by atoms with E-state index in [1.54, 1.807) is 12.1 Å². The van der Waals surface area contributed by atoms with Crippen LogP contribution in [0.3, 0.4) is 0 Å². The molecular formula is C16H16Br2N2OS. The lowest BCUT2D eigenvalue weighted by Gasteiger charge is -2.00. The number of benzene rings is 2. The fraction of sp³-hybridized carbons (Fsp3) is 0.125. The first-order chi connectivity index (χ1) is 10.2. The van der Waals surface area contributed by atoms with Crippen LogP contribution in [0.4, 0.5) is 0 Å². The second-order valence-corrected chi connectivity index (χ2v) is 6.80. The Morgan fingerprint density at radius 3 is 1.68 bits per heavy atom. The van der Waals surface area contributed by atoms with E-state index in [9.17, 15) is 4.79 Å². The molecule has 0 heterocycles. The highest BCUT2D eigenvalue weighted by Crippen LogP contribution is 2.17. The van der Waals surface area contributed by atoms with Crippen molar-refractivity contribution in [3.63, 3.8) is 0 Å². The summed E-state index contributed by atoms with van der Waals surface area (Å²) in [5, 5.41) is 0. The summed E-state index contributed by atoms with van der Waals surface area (Å²) >= 11 is 11.5. The molecule has 0 atom stereocenters. The average Bonchev–Trinajstić information content (AvgIpc) is 2.45. The highest BCUT2D eigenvalue weighted by Gasteiger charge is 2.01. The summed E-state index contributed by atoms with van der Waals surface area (Å²) in [7, 11) is 0. The first kappa shape index (κ1) is 18.8. The van der Waals surface area contributed by atoms with Crippen LogP contribution in [0, 0.1) is 13.8 Å². The molecule has 0 aliphatic rings. The van der Waals surface area contributed by atoms with Crippen LogP contribution in [0.5, 0.6) is 0 Å².